The van der Waals surface area contributed by atoms with E-state index in [1.165, 1.54) is 6.07 Å². The van der Waals surface area contributed by atoms with E-state index < -0.39 is 0 Å². The predicted molar refractivity (Wildman–Crippen MR) is 119 cm³/mol. The summed E-state index contributed by atoms with van der Waals surface area (Å²) in [6.07, 6.45) is 6.07. The topological polar surface area (TPSA) is 84.7 Å². The number of aromatic nitrogens is 4. The first-order valence-corrected chi connectivity index (χ1v) is 10.9. The van der Waals surface area contributed by atoms with Crippen LogP contribution in [0.4, 0.5) is 16.0 Å². The molecule has 0 bridgehead atoms. The van der Waals surface area contributed by atoms with Gasteiger partial charge in [-0.05, 0) is 43.7 Å². The van der Waals surface area contributed by atoms with Crippen molar-refractivity contribution in [1.82, 2.24) is 24.8 Å². The molecule has 1 aromatic carbocycles. The van der Waals surface area contributed by atoms with Crippen molar-refractivity contribution in [2.24, 2.45) is 5.92 Å². The van der Waals surface area contributed by atoms with E-state index in [0.29, 0.717) is 23.1 Å². The molecule has 7 nitrogen and oxygen atoms in total. The van der Waals surface area contributed by atoms with Gasteiger partial charge in [-0.15, -0.1) is 0 Å². The molecule has 0 spiro atoms. The van der Waals surface area contributed by atoms with Gasteiger partial charge in [0.2, 0.25) is 11.9 Å². The molecule has 0 radical (unpaired) electrons. The van der Waals surface area contributed by atoms with Gasteiger partial charge in [0.25, 0.3) is 0 Å². The molecule has 8 heteroatoms. The van der Waals surface area contributed by atoms with Crippen LogP contribution in [0.15, 0.2) is 30.5 Å². The SMILES string of the molecule is CC(=O)NC1CCC(n2c(Nc3ccccc3F)nc3cnc(CC(C)C)nc32)CC1. The summed E-state index contributed by atoms with van der Waals surface area (Å²) in [5.41, 5.74) is 1.84. The third-order valence-electron chi connectivity index (χ3n) is 5.66. The molecule has 0 aliphatic heterocycles. The molecule has 1 aliphatic carbocycles. The van der Waals surface area contributed by atoms with Crippen molar-refractivity contribution >= 4 is 28.7 Å². The number of imidazole rings is 1. The van der Waals surface area contributed by atoms with Crippen LogP contribution in [0.3, 0.4) is 0 Å². The highest BCUT2D eigenvalue weighted by Gasteiger charge is 2.27. The lowest BCUT2D eigenvalue weighted by atomic mass is 9.91. The van der Waals surface area contributed by atoms with Crippen molar-refractivity contribution < 1.29 is 9.18 Å². The Morgan fingerprint density at radius 3 is 2.61 bits per heavy atom. The molecule has 1 aliphatic rings. The third kappa shape index (κ3) is 4.84. The molecule has 1 saturated carbocycles. The molecule has 2 heterocycles. The molecular weight excluding hydrogens is 395 g/mol. The number of amides is 1. The molecule has 0 atom stereocenters. The van der Waals surface area contributed by atoms with Crippen LogP contribution in [0.5, 0.6) is 0 Å². The van der Waals surface area contributed by atoms with E-state index in [1.54, 1.807) is 31.3 Å². The molecule has 0 saturated heterocycles. The number of hydrogen-bond acceptors (Lipinski definition) is 5. The normalized spacial score (nSPS) is 19.0. The van der Waals surface area contributed by atoms with E-state index in [2.05, 4.69) is 34.0 Å². The van der Waals surface area contributed by atoms with Crippen LogP contribution >= 0.6 is 0 Å². The van der Waals surface area contributed by atoms with Crippen LogP contribution < -0.4 is 10.6 Å². The maximum Gasteiger partial charge on any atom is 0.217 e. The number of fused-ring (bicyclic) bond motifs is 1. The number of nitrogens with one attached hydrogen (secondary N) is 2. The van der Waals surface area contributed by atoms with Gasteiger partial charge in [-0.25, -0.2) is 19.3 Å². The number of rotatable bonds is 6. The maximum absolute atomic E-state index is 14.3. The van der Waals surface area contributed by atoms with E-state index in [9.17, 15) is 9.18 Å². The van der Waals surface area contributed by atoms with Gasteiger partial charge in [0.1, 0.15) is 17.2 Å². The van der Waals surface area contributed by atoms with Crippen molar-refractivity contribution in [2.45, 2.75) is 65.0 Å². The van der Waals surface area contributed by atoms with Crippen LogP contribution in [-0.4, -0.2) is 31.5 Å². The Morgan fingerprint density at radius 2 is 1.94 bits per heavy atom. The number of carbonyl (C=O) groups excluding carboxylic acids is 1. The minimum absolute atomic E-state index is 0.00417. The molecule has 4 rings (SSSR count). The highest BCUT2D eigenvalue weighted by molar-refractivity contribution is 5.75. The van der Waals surface area contributed by atoms with Crippen molar-refractivity contribution in [2.75, 3.05) is 5.32 Å². The van der Waals surface area contributed by atoms with Gasteiger partial charge >= 0.3 is 0 Å². The summed E-state index contributed by atoms with van der Waals surface area (Å²) in [5.74, 6) is 1.47. The first kappa shape index (κ1) is 21.2. The van der Waals surface area contributed by atoms with E-state index in [-0.39, 0.29) is 23.8 Å². The Hall–Kier alpha value is -3.03. The number of anilines is 2. The van der Waals surface area contributed by atoms with E-state index in [1.807, 2.05) is 0 Å². The standard InChI is InChI=1S/C23H29FN6O/c1-14(2)12-21-25-13-20-22(29-21)30(17-10-8-16(9-11-17)26-15(3)31)23(28-20)27-19-7-5-4-6-18(19)24/h4-7,13-14,16-17H,8-12H2,1-3H3,(H,26,31)(H,27,28). The van der Waals surface area contributed by atoms with Crippen LogP contribution in [0.25, 0.3) is 11.2 Å². The molecule has 2 aromatic heterocycles. The first-order chi connectivity index (χ1) is 14.9. The third-order valence-corrected chi connectivity index (χ3v) is 5.66. The zero-order valence-corrected chi connectivity index (χ0v) is 18.2. The summed E-state index contributed by atoms with van der Waals surface area (Å²) in [5, 5.41) is 6.19. The summed E-state index contributed by atoms with van der Waals surface area (Å²) in [4.78, 5) is 25.4. The van der Waals surface area contributed by atoms with Gasteiger partial charge in [0, 0.05) is 25.4 Å². The second-order valence-electron chi connectivity index (χ2n) is 8.71. The van der Waals surface area contributed by atoms with Gasteiger partial charge < -0.3 is 10.6 Å². The van der Waals surface area contributed by atoms with Crippen molar-refractivity contribution in [3.63, 3.8) is 0 Å². The van der Waals surface area contributed by atoms with Gasteiger partial charge in [-0.3, -0.25) is 9.36 Å². The highest BCUT2D eigenvalue weighted by atomic mass is 19.1. The number of benzene rings is 1. The summed E-state index contributed by atoms with van der Waals surface area (Å²) in [7, 11) is 0. The lowest BCUT2D eigenvalue weighted by Crippen LogP contribution is -2.36. The molecule has 164 valence electrons. The zero-order chi connectivity index (χ0) is 22.0. The van der Waals surface area contributed by atoms with Gasteiger partial charge in [0.05, 0.1) is 11.9 Å². The molecule has 31 heavy (non-hydrogen) atoms. The van der Waals surface area contributed by atoms with Crippen molar-refractivity contribution in [1.29, 1.82) is 0 Å². The summed E-state index contributed by atoms with van der Waals surface area (Å²) < 4.78 is 16.4. The Kier molecular flexibility index (Phi) is 6.15. The van der Waals surface area contributed by atoms with Crippen molar-refractivity contribution in [3.8, 4) is 0 Å². The number of nitrogens with zero attached hydrogens (tertiary/aromatic N) is 4. The fraction of sp³-hybridized carbons (Fsp3) is 0.478. The van der Waals surface area contributed by atoms with Gasteiger partial charge in [-0.2, -0.15) is 0 Å². The first-order valence-electron chi connectivity index (χ1n) is 10.9. The molecule has 1 amide bonds. The fourth-order valence-electron chi connectivity index (χ4n) is 4.27. The molecule has 3 aromatic rings. The smallest absolute Gasteiger partial charge is 0.217 e. The van der Waals surface area contributed by atoms with Gasteiger partial charge in [-0.1, -0.05) is 26.0 Å². The Balaban J connectivity index is 1.70. The Labute approximate surface area is 181 Å². The molecule has 2 N–H and O–H groups in total. The fourth-order valence-corrected chi connectivity index (χ4v) is 4.27. The largest absolute Gasteiger partial charge is 0.354 e. The Bertz CT molecular complexity index is 1070. The van der Waals surface area contributed by atoms with Crippen LogP contribution in [0.2, 0.25) is 0 Å². The number of halogens is 1. The predicted octanol–water partition coefficient (Wildman–Crippen LogP) is 4.53. The number of carbonyl (C=O) groups is 1. The second kappa shape index (κ2) is 8.99. The quantitative estimate of drug-likeness (QED) is 0.607. The van der Waals surface area contributed by atoms with E-state index in [0.717, 1.165) is 43.6 Å². The number of hydrogen-bond donors (Lipinski definition) is 2. The molecule has 0 unspecified atom stereocenters. The van der Waals surface area contributed by atoms with Gasteiger partial charge in [0.15, 0.2) is 5.65 Å². The highest BCUT2D eigenvalue weighted by Crippen LogP contribution is 2.35. The van der Waals surface area contributed by atoms with Crippen LogP contribution in [0, 0.1) is 11.7 Å². The molecule has 1 fully saturated rings. The number of para-hydroxylation sites is 1. The van der Waals surface area contributed by atoms with Crippen LogP contribution in [-0.2, 0) is 11.2 Å². The summed E-state index contributed by atoms with van der Waals surface area (Å²) in [6.45, 7) is 5.83. The van der Waals surface area contributed by atoms with E-state index >= 15 is 0 Å². The second-order valence-corrected chi connectivity index (χ2v) is 8.71. The minimum atomic E-state index is -0.331. The monoisotopic (exact) mass is 424 g/mol. The lowest BCUT2D eigenvalue weighted by Gasteiger charge is -2.30. The average Bonchev–Trinajstić information content (AvgIpc) is 3.07. The molecular formula is C23H29FN6O. The summed E-state index contributed by atoms with van der Waals surface area (Å²) >= 11 is 0. The average molecular weight is 425 g/mol. The zero-order valence-electron chi connectivity index (χ0n) is 18.2. The van der Waals surface area contributed by atoms with Crippen LogP contribution in [0.1, 0.15) is 58.3 Å². The lowest BCUT2D eigenvalue weighted by molar-refractivity contribution is -0.119. The summed E-state index contributed by atoms with van der Waals surface area (Å²) in [6, 6.07) is 6.93. The maximum atomic E-state index is 14.3. The Morgan fingerprint density at radius 1 is 1.19 bits per heavy atom. The van der Waals surface area contributed by atoms with E-state index in [4.69, 9.17) is 9.97 Å². The van der Waals surface area contributed by atoms with Crippen molar-refractivity contribution in [3.05, 3.63) is 42.1 Å². The minimum Gasteiger partial charge on any atom is -0.354 e.